The van der Waals surface area contributed by atoms with E-state index in [9.17, 15) is 0 Å². The molecule has 0 unspecified atom stereocenters. The van der Waals surface area contributed by atoms with Crippen LogP contribution in [0.5, 0.6) is 11.5 Å². The molecule has 0 saturated heterocycles. The zero-order valence-electron chi connectivity index (χ0n) is 16.7. The Morgan fingerprint density at radius 1 is 0.714 bits per heavy atom. The number of nitrogens with zero attached hydrogens (tertiary/aromatic N) is 2. The highest BCUT2D eigenvalue weighted by Gasteiger charge is 2.49. The highest BCUT2D eigenvalue weighted by atomic mass is 16.5. The number of rotatable bonds is 2. The fourth-order valence-corrected chi connectivity index (χ4v) is 4.29. The number of benzene rings is 3. The molecule has 28 heavy (non-hydrogen) atoms. The van der Waals surface area contributed by atoms with Gasteiger partial charge in [0, 0.05) is 62.8 Å². The van der Waals surface area contributed by atoms with Crippen LogP contribution in [-0.2, 0) is 16.9 Å². The third kappa shape index (κ3) is 2.28. The van der Waals surface area contributed by atoms with Crippen LogP contribution >= 0.6 is 0 Å². The molecule has 2 aliphatic heterocycles. The molecule has 0 N–H and O–H groups in total. The van der Waals surface area contributed by atoms with Gasteiger partial charge in [0.2, 0.25) is 0 Å². The largest absolute Gasteiger partial charge is 0.456 e. The Hall–Kier alpha value is -2.98. The predicted octanol–water partition coefficient (Wildman–Crippen LogP) is 4.75. The lowest BCUT2D eigenvalue weighted by molar-refractivity contribution is 0.0200. The van der Waals surface area contributed by atoms with E-state index in [4.69, 9.17) is 9.47 Å². The molecule has 1 spiro atoms. The van der Waals surface area contributed by atoms with Crippen molar-refractivity contribution in [3.63, 3.8) is 0 Å². The maximum atomic E-state index is 6.60. The van der Waals surface area contributed by atoms with E-state index in [2.05, 4.69) is 70.5 Å². The molecule has 0 amide bonds. The lowest BCUT2D eigenvalue weighted by atomic mass is 9.77. The lowest BCUT2D eigenvalue weighted by Gasteiger charge is -2.38. The first-order valence-corrected chi connectivity index (χ1v) is 9.54. The van der Waals surface area contributed by atoms with Gasteiger partial charge in [0.25, 0.3) is 0 Å². The van der Waals surface area contributed by atoms with E-state index in [1.165, 1.54) is 11.1 Å². The minimum atomic E-state index is -0.630. The van der Waals surface area contributed by atoms with Crippen molar-refractivity contribution >= 4 is 11.4 Å². The first-order chi connectivity index (χ1) is 13.5. The summed E-state index contributed by atoms with van der Waals surface area (Å²) in [5, 5.41) is 0. The molecule has 4 nitrogen and oxygen atoms in total. The van der Waals surface area contributed by atoms with E-state index in [1.54, 1.807) is 0 Å². The molecular formula is C24H24N2O2. The van der Waals surface area contributed by atoms with Crippen molar-refractivity contribution in [3.8, 4) is 11.5 Å². The standard InChI is InChI=1S/C24H24N2O2/c1-25(2)17-9-11-20-22(13-17)28-23-14-18(26(3)4)10-12-21(23)24(20)19-8-6-5-7-16(19)15-27-24/h5-14H,15H2,1-4H3. The minimum Gasteiger partial charge on any atom is -0.456 e. The van der Waals surface area contributed by atoms with Gasteiger partial charge in [-0.15, -0.1) is 0 Å². The van der Waals surface area contributed by atoms with Crippen LogP contribution in [0.15, 0.2) is 60.7 Å². The summed E-state index contributed by atoms with van der Waals surface area (Å²) in [6.07, 6.45) is 0. The number of fused-ring (bicyclic) bond motifs is 6. The topological polar surface area (TPSA) is 24.9 Å². The summed E-state index contributed by atoms with van der Waals surface area (Å²) in [5.74, 6) is 1.71. The Morgan fingerprint density at radius 3 is 1.86 bits per heavy atom. The van der Waals surface area contributed by atoms with Crippen LogP contribution < -0.4 is 14.5 Å². The van der Waals surface area contributed by atoms with Crippen molar-refractivity contribution in [2.24, 2.45) is 0 Å². The van der Waals surface area contributed by atoms with Crippen LogP contribution in [-0.4, -0.2) is 28.2 Å². The molecular weight excluding hydrogens is 348 g/mol. The van der Waals surface area contributed by atoms with Crippen molar-refractivity contribution in [1.29, 1.82) is 0 Å². The van der Waals surface area contributed by atoms with Crippen LogP contribution in [0.1, 0.15) is 22.3 Å². The summed E-state index contributed by atoms with van der Waals surface area (Å²) in [5.41, 5.74) is 6.14. The second-order valence-electron chi connectivity index (χ2n) is 7.88. The van der Waals surface area contributed by atoms with Crippen LogP contribution in [0.3, 0.4) is 0 Å². The molecule has 0 radical (unpaired) electrons. The molecule has 2 aliphatic rings. The van der Waals surface area contributed by atoms with Crippen molar-refractivity contribution in [2.75, 3.05) is 38.0 Å². The zero-order chi connectivity index (χ0) is 19.5. The lowest BCUT2D eigenvalue weighted by Crippen LogP contribution is -2.32. The highest BCUT2D eigenvalue weighted by molar-refractivity contribution is 5.69. The molecule has 4 heteroatoms. The van der Waals surface area contributed by atoms with Gasteiger partial charge >= 0.3 is 0 Å². The van der Waals surface area contributed by atoms with Crippen molar-refractivity contribution in [2.45, 2.75) is 12.2 Å². The fourth-order valence-electron chi connectivity index (χ4n) is 4.29. The summed E-state index contributed by atoms with van der Waals surface area (Å²) in [6.45, 7) is 0.597. The molecule has 3 aromatic carbocycles. The van der Waals surface area contributed by atoms with Gasteiger partial charge in [-0.3, -0.25) is 0 Å². The quantitative estimate of drug-likeness (QED) is 0.648. The summed E-state index contributed by atoms with van der Waals surface area (Å²) in [4.78, 5) is 4.18. The molecule has 5 rings (SSSR count). The van der Waals surface area contributed by atoms with Crippen molar-refractivity contribution < 1.29 is 9.47 Å². The first-order valence-electron chi connectivity index (χ1n) is 9.54. The monoisotopic (exact) mass is 372 g/mol. The summed E-state index contributed by atoms with van der Waals surface area (Å²) < 4.78 is 13.0. The van der Waals surface area contributed by atoms with Gasteiger partial charge in [-0.1, -0.05) is 24.3 Å². The number of hydrogen-bond acceptors (Lipinski definition) is 4. The minimum absolute atomic E-state index is 0.597. The van der Waals surface area contributed by atoms with Gasteiger partial charge in [-0.2, -0.15) is 0 Å². The SMILES string of the molecule is CN(C)c1ccc2c(c1)Oc1cc(N(C)C)ccc1C21OCc2ccccc21. The molecule has 0 bridgehead atoms. The van der Waals surface area contributed by atoms with Gasteiger partial charge in [0.05, 0.1) is 6.61 Å². The van der Waals surface area contributed by atoms with Crippen molar-refractivity contribution in [1.82, 2.24) is 0 Å². The molecule has 0 aliphatic carbocycles. The van der Waals surface area contributed by atoms with Gasteiger partial charge < -0.3 is 19.3 Å². The van der Waals surface area contributed by atoms with E-state index in [-0.39, 0.29) is 0 Å². The average Bonchev–Trinajstić information content (AvgIpc) is 3.07. The highest BCUT2D eigenvalue weighted by Crippen LogP contribution is 2.56. The third-order valence-corrected chi connectivity index (χ3v) is 5.78. The zero-order valence-corrected chi connectivity index (χ0v) is 16.7. The van der Waals surface area contributed by atoms with Crippen molar-refractivity contribution in [3.05, 3.63) is 82.9 Å². The Bertz CT molecular complexity index is 1010. The van der Waals surface area contributed by atoms with E-state index >= 15 is 0 Å². The number of anilines is 2. The number of ether oxygens (including phenoxy) is 2. The Kier molecular flexibility index (Phi) is 3.68. The third-order valence-electron chi connectivity index (χ3n) is 5.78. The maximum Gasteiger partial charge on any atom is 0.151 e. The Balaban J connectivity index is 1.80. The molecule has 0 aromatic heterocycles. The average molecular weight is 372 g/mol. The summed E-state index contributed by atoms with van der Waals surface area (Å²) in [7, 11) is 8.17. The summed E-state index contributed by atoms with van der Waals surface area (Å²) in [6, 6.07) is 21.3. The van der Waals surface area contributed by atoms with Crippen LogP contribution in [0.25, 0.3) is 0 Å². The predicted molar refractivity (Wildman–Crippen MR) is 113 cm³/mol. The second-order valence-corrected chi connectivity index (χ2v) is 7.88. The molecule has 0 fully saturated rings. The van der Waals surface area contributed by atoms with Gasteiger partial charge in [-0.05, 0) is 35.4 Å². The normalized spacial score (nSPS) is 15.4. The van der Waals surface area contributed by atoms with E-state index in [0.29, 0.717) is 6.61 Å². The Labute approximate surface area is 165 Å². The molecule has 142 valence electrons. The molecule has 0 saturated carbocycles. The summed E-state index contributed by atoms with van der Waals surface area (Å²) >= 11 is 0. The van der Waals surface area contributed by atoms with Crippen LogP contribution in [0.4, 0.5) is 11.4 Å². The van der Waals surface area contributed by atoms with E-state index < -0.39 is 5.60 Å². The van der Waals surface area contributed by atoms with Crippen LogP contribution in [0.2, 0.25) is 0 Å². The molecule has 3 aromatic rings. The molecule has 0 atom stereocenters. The van der Waals surface area contributed by atoms with Gasteiger partial charge in [-0.25, -0.2) is 0 Å². The van der Waals surface area contributed by atoms with E-state index in [1.807, 2.05) is 28.2 Å². The van der Waals surface area contributed by atoms with E-state index in [0.717, 1.165) is 34.0 Å². The Morgan fingerprint density at radius 2 is 1.29 bits per heavy atom. The van der Waals surface area contributed by atoms with Gasteiger partial charge in [0.1, 0.15) is 11.5 Å². The maximum absolute atomic E-state index is 6.60. The smallest absolute Gasteiger partial charge is 0.151 e. The second kappa shape index (κ2) is 6.01. The number of hydrogen-bond donors (Lipinski definition) is 0. The van der Waals surface area contributed by atoms with Crippen LogP contribution in [0, 0.1) is 0 Å². The molecule has 2 heterocycles. The first kappa shape index (κ1) is 17.1. The van der Waals surface area contributed by atoms with Gasteiger partial charge in [0.15, 0.2) is 5.60 Å². The fraction of sp³-hybridized carbons (Fsp3) is 0.250.